The van der Waals surface area contributed by atoms with Crippen molar-refractivity contribution in [1.82, 2.24) is 15.2 Å². The number of carbonyl (C=O) groups excluding carboxylic acids is 1. The second-order valence-corrected chi connectivity index (χ2v) is 12.0. The van der Waals surface area contributed by atoms with E-state index < -0.39 is 41.6 Å². The van der Waals surface area contributed by atoms with Crippen LogP contribution in [0.1, 0.15) is 43.2 Å². The van der Waals surface area contributed by atoms with Crippen molar-refractivity contribution in [1.29, 1.82) is 0 Å². The zero-order valence-corrected chi connectivity index (χ0v) is 28.4. The number of carbonyl (C=O) groups is 2. The molecule has 0 amide bonds. The molecule has 3 N–H and O–H groups in total. The number of benzene rings is 3. The van der Waals surface area contributed by atoms with Crippen LogP contribution in [0.2, 0.25) is 0 Å². The summed E-state index contributed by atoms with van der Waals surface area (Å²) in [6, 6.07) is 15.0. The van der Waals surface area contributed by atoms with E-state index in [-0.39, 0.29) is 22.9 Å². The summed E-state index contributed by atoms with van der Waals surface area (Å²) in [6.07, 6.45) is 2.64. The third-order valence-corrected chi connectivity index (χ3v) is 8.63. The highest BCUT2D eigenvalue weighted by molar-refractivity contribution is 6.01. The van der Waals surface area contributed by atoms with E-state index in [1.165, 1.54) is 62.2 Å². The Hall–Kier alpha value is -4.27. The van der Waals surface area contributed by atoms with Crippen LogP contribution in [0.25, 0.3) is 32.8 Å². The Kier molecular flexibility index (Phi) is 16.1. The number of pyridine rings is 1. The fourth-order valence-corrected chi connectivity index (χ4v) is 6.13. The number of aryl methyl sites for hydroxylation is 1. The van der Waals surface area contributed by atoms with Crippen molar-refractivity contribution in [2.75, 3.05) is 33.4 Å². The van der Waals surface area contributed by atoms with Gasteiger partial charge in [0.1, 0.15) is 12.3 Å². The summed E-state index contributed by atoms with van der Waals surface area (Å²) < 4.78 is 78.3. The SMILES string of the molecule is C1COCCN1.CNC(Cc1cccc2c(-c3c(C(F)(F)F)c4ccccc4n(C)c3=O)cccc12)C(=O)O.FC(F)F.O=CC1CCCCC1. The van der Waals surface area contributed by atoms with Crippen molar-refractivity contribution < 1.29 is 45.8 Å². The predicted molar refractivity (Wildman–Crippen MR) is 185 cm³/mol. The number of hydrogen-bond acceptors (Lipinski definition) is 6. The van der Waals surface area contributed by atoms with E-state index in [0.717, 1.165) is 45.4 Å². The van der Waals surface area contributed by atoms with E-state index in [9.17, 15) is 45.8 Å². The minimum Gasteiger partial charge on any atom is -0.480 e. The van der Waals surface area contributed by atoms with Crippen LogP contribution in [0.3, 0.4) is 0 Å². The molecule has 8 nitrogen and oxygen atoms in total. The molecule has 1 aromatic heterocycles. The molecule has 1 unspecified atom stereocenters. The maximum absolute atomic E-state index is 14.3. The number of carboxylic acids is 1. The summed E-state index contributed by atoms with van der Waals surface area (Å²) in [5, 5.41) is 16.3. The van der Waals surface area contributed by atoms with E-state index in [1.54, 1.807) is 36.4 Å². The van der Waals surface area contributed by atoms with Gasteiger partial charge in [-0.2, -0.15) is 26.3 Å². The predicted octanol–water partition coefficient (Wildman–Crippen LogP) is 7.14. The minimum atomic E-state index is -4.76. The van der Waals surface area contributed by atoms with Crippen LogP contribution in [-0.2, 0) is 34.0 Å². The van der Waals surface area contributed by atoms with E-state index >= 15 is 0 Å². The first-order chi connectivity index (χ1) is 24.3. The zero-order valence-electron chi connectivity index (χ0n) is 28.4. The number of aliphatic carboxylic acids is 1. The van der Waals surface area contributed by atoms with Crippen molar-refractivity contribution in [2.24, 2.45) is 13.0 Å². The number of hydrogen-bond donors (Lipinski definition) is 3. The van der Waals surface area contributed by atoms with E-state index in [1.807, 2.05) is 0 Å². The second-order valence-electron chi connectivity index (χ2n) is 12.0. The molecule has 0 radical (unpaired) electrons. The number of aromatic nitrogens is 1. The molecule has 1 aliphatic carbocycles. The van der Waals surface area contributed by atoms with Crippen LogP contribution in [-0.4, -0.2) is 68.0 Å². The number of aldehydes is 1. The fraction of sp³-hybridized carbons (Fsp3) is 0.432. The quantitative estimate of drug-likeness (QED) is 0.143. The average Bonchev–Trinajstić information content (AvgIpc) is 3.12. The van der Waals surface area contributed by atoms with Gasteiger partial charge in [0.25, 0.3) is 5.56 Å². The number of halogens is 6. The number of carboxylic acid groups (broad SMARTS) is 1. The lowest BCUT2D eigenvalue weighted by molar-refractivity contribution is -0.139. The number of alkyl halides is 6. The molecule has 3 aromatic carbocycles. The topological polar surface area (TPSA) is 110 Å². The van der Waals surface area contributed by atoms with Crippen molar-refractivity contribution in [3.05, 3.63) is 82.1 Å². The molecule has 1 saturated carbocycles. The minimum absolute atomic E-state index is 0.0589. The van der Waals surface area contributed by atoms with Gasteiger partial charge in [-0.3, -0.25) is 9.59 Å². The maximum atomic E-state index is 14.3. The Balaban J connectivity index is 0.000000316. The molecule has 2 aliphatic rings. The molecule has 51 heavy (non-hydrogen) atoms. The third kappa shape index (κ3) is 11.6. The van der Waals surface area contributed by atoms with Crippen LogP contribution in [0, 0.1) is 5.92 Å². The van der Waals surface area contributed by atoms with Gasteiger partial charge in [-0.05, 0) is 54.3 Å². The zero-order chi connectivity index (χ0) is 37.6. The molecule has 1 aliphatic heterocycles. The third-order valence-electron chi connectivity index (χ3n) is 8.63. The van der Waals surface area contributed by atoms with Gasteiger partial charge in [-0.15, -0.1) is 0 Å². The summed E-state index contributed by atoms with van der Waals surface area (Å²) in [6.45, 7) is 0.167. The molecular formula is C37H43F6N3O5. The largest absolute Gasteiger partial charge is 0.480 e. The number of morpholine rings is 1. The van der Waals surface area contributed by atoms with Crippen LogP contribution >= 0.6 is 0 Å². The van der Waals surface area contributed by atoms with E-state index in [2.05, 4.69) is 10.6 Å². The Morgan fingerprint density at radius 2 is 1.55 bits per heavy atom. The Morgan fingerprint density at radius 1 is 0.961 bits per heavy atom. The number of rotatable bonds is 6. The highest BCUT2D eigenvalue weighted by atomic mass is 19.4. The fourth-order valence-electron chi connectivity index (χ4n) is 6.13. The molecule has 6 rings (SSSR count). The number of fused-ring (bicyclic) bond motifs is 2. The Morgan fingerprint density at radius 3 is 2.06 bits per heavy atom. The summed E-state index contributed by atoms with van der Waals surface area (Å²) >= 11 is 0. The van der Waals surface area contributed by atoms with Gasteiger partial charge in [0.05, 0.1) is 29.9 Å². The van der Waals surface area contributed by atoms with Gasteiger partial charge in [0.2, 0.25) is 0 Å². The van der Waals surface area contributed by atoms with Gasteiger partial charge < -0.3 is 29.8 Å². The van der Waals surface area contributed by atoms with Crippen LogP contribution in [0.4, 0.5) is 26.3 Å². The van der Waals surface area contributed by atoms with E-state index in [0.29, 0.717) is 22.3 Å². The lowest BCUT2D eigenvalue weighted by Gasteiger charge is -2.20. The summed E-state index contributed by atoms with van der Waals surface area (Å²) in [5.41, 5.74) is -1.14. The number of nitrogens with zero attached hydrogens (tertiary/aromatic N) is 1. The molecule has 1 saturated heterocycles. The lowest BCUT2D eigenvalue weighted by atomic mass is 9.90. The highest BCUT2D eigenvalue weighted by Gasteiger charge is 2.38. The van der Waals surface area contributed by atoms with Gasteiger partial charge in [-0.1, -0.05) is 73.9 Å². The number of ether oxygens (including phenoxy) is 1. The molecule has 4 aromatic rings. The molecule has 14 heteroatoms. The molecule has 0 spiro atoms. The maximum Gasteiger partial charge on any atom is 0.417 e. The first-order valence-electron chi connectivity index (χ1n) is 16.6. The van der Waals surface area contributed by atoms with Crippen molar-refractivity contribution in [2.45, 2.75) is 57.4 Å². The molecule has 2 fully saturated rings. The van der Waals surface area contributed by atoms with Gasteiger partial charge in [0, 0.05) is 31.4 Å². The molecule has 2 heterocycles. The highest BCUT2D eigenvalue weighted by Crippen LogP contribution is 2.42. The van der Waals surface area contributed by atoms with Gasteiger partial charge in [-0.25, -0.2) is 0 Å². The number of nitrogens with one attached hydrogen (secondary N) is 2. The Labute approximate surface area is 291 Å². The summed E-state index contributed by atoms with van der Waals surface area (Å²) in [4.78, 5) is 34.9. The number of para-hydroxylation sites is 1. The smallest absolute Gasteiger partial charge is 0.417 e. The first kappa shape index (κ1) is 41.2. The van der Waals surface area contributed by atoms with Gasteiger partial charge in [0.15, 0.2) is 0 Å². The van der Waals surface area contributed by atoms with Gasteiger partial charge >= 0.3 is 18.8 Å². The average molecular weight is 724 g/mol. The molecular weight excluding hydrogens is 680 g/mol. The molecule has 1 atom stereocenters. The normalized spacial score (nSPS) is 15.5. The monoisotopic (exact) mass is 723 g/mol. The number of likely N-dealkylation sites (N-methyl/N-ethyl adjacent to an activating group) is 1. The second kappa shape index (κ2) is 19.9. The summed E-state index contributed by atoms with van der Waals surface area (Å²) in [7, 11) is 2.99. The standard InChI is InChI=1S/C25H21F3N2O3.C7H12O.C4H9NO.CHF3/c1-29-19(24(32)33)13-14-7-5-10-16-15(14)9-6-11-17(16)21-22(25(26,27)28)18-8-3-4-12-20(18)30(2)23(21)31;8-6-7-4-2-1-3-5-7;1-3-6-4-2-5-1;2-1(3)4/h3-12,19,29H,13H2,1-2H3,(H,32,33);6-7H,1-5H2;5H,1-4H2;1H. The van der Waals surface area contributed by atoms with Crippen molar-refractivity contribution >= 4 is 33.9 Å². The van der Waals surface area contributed by atoms with Crippen molar-refractivity contribution in [3.8, 4) is 11.1 Å². The van der Waals surface area contributed by atoms with E-state index in [4.69, 9.17) is 4.74 Å². The lowest BCUT2D eigenvalue weighted by Crippen LogP contribution is -2.35. The van der Waals surface area contributed by atoms with Crippen LogP contribution in [0.5, 0.6) is 0 Å². The summed E-state index contributed by atoms with van der Waals surface area (Å²) in [5.74, 6) is -0.628. The Bertz CT molecular complexity index is 1770. The van der Waals surface area contributed by atoms with Crippen LogP contribution in [0.15, 0.2) is 65.5 Å². The molecule has 278 valence electrons. The first-order valence-corrected chi connectivity index (χ1v) is 16.6. The van der Waals surface area contributed by atoms with Crippen molar-refractivity contribution in [3.63, 3.8) is 0 Å². The van der Waals surface area contributed by atoms with Crippen LogP contribution < -0.4 is 16.2 Å². The molecule has 0 bridgehead atoms.